The first kappa shape index (κ1) is 14.0. The molecule has 0 radical (unpaired) electrons. The van der Waals surface area contributed by atoms with Crippen LogP contribution in [0.2, 0.25) is 0 Å². The van der Waals surface area contributed by atoms with Gasteiger partial charge in [-0.1, -0.05) is 22.0 Å². The van der Waals surface area contributed by atoms with Gasteiger partial charge in [-0.05, 0) is 37.5 Å². The summed E-state index contributed by atoms with van der Waals surface area (Å²) in [5.74, 6) is 0. The molecule has 0 aliphatic carbocycles. The van der Waals surface area contributed by atoms with Gasteiger partial charge >= 0.3 is 0 Å². The minimum Gasteiger partial charge on any atom is -0.329 e. The summed E-state index contributed by atoms with van der Waals surface area (Å²) in [4.78, 5) is 0.372. The first-order chi connectivity index (χ1) is 8.48. The van der Waals surface area contributed by atoms with Crippen molar-refractivity contribution in [2.75, 3.05) is 13.1 Å². The molecule has 1 unspecified atom stereocenters. The van der Waals surface area contributed by atoms with Gasteiger partial charge in [0.05, 0.1) is 4.90 Å². The molecule has 1 aromatic rings. The van der Waals surface area contributed by atoms with Crippen molar-refractivity contribution in [1.82, 2.24) is 4.31 Å². The Morgan fingerprint density at radius 1 is 1.50 bits per heavy atom. The number of rotatable bonds is 3. The number of benzene rings is 1. The maximum Gasteiger partial charge on any atom is 0.243 e. The van der Waals surface area contributed by atoms with Crippen LogP contribution in [-0.2, 0) is 10.0 Å². The van der Waals surface area contributed by atoms with E-state index in [1.807, 2.05) is 13.0 Å². The lowest BCUT2D eigenvalue weighted by molar-refractivity contribution is 0.393. The average Bonchev–Trinajstić information content (AvgIpc) is 2.81. The van der Waals surface area contributed by atoms with Crippen LogP contribution < -0.4 is 5.73 Å². The molecule has 2 rings (SSSR count). The summed E-state index contributed by atoms with van der Waals surface area (Å²) >= 11 is 3.37. The second-order valence-corrected chi connectivity index (χ2v) is 7.22. The van der Waals surface area contributed by atoms with Crippen molar-refractivity contribution in [1.29, 1.82) is 0 Å². The lowest BCUT2D eigenvalue weighted by Gasteiger charge is -2.23. The molecule has 1 heterocycles. The van der Waals surface area contributed by atoms with Crippen LogP contribution >= 0.6 is 15.9 Å². The van der Waals surface area contributed by atoms with Crippen molar-refractivity contribution < 1.29 is 8.42 Å². The van der Waals surface area contributed by atoms with E-state index in [-0.39, 0.29) is 6.04 Å². The minimum atomic E-state index is -3.43. The van der Waals surface area contributed by atoms with Gasteiger partial charge in [0.1, 0.15) is 0 Å². The van der Waals surface area contributed by atoms with Crippen LogP contribution in [-0.4, -0.2) is 31.9 Å². The van der Waals surface area contributed by atoms with E-state index in [1.165, 1.54) is 0 Å². The molecule has 4 nitrogen and oxygen atoms in total. The van der Waals surface area contributed by atoms with Crippen molar-refractivity contribution in [3.63, 3.8) is 0 Å². The van der Waals surface area contributed by atoms with Crippen LogP contribution in [0.3, 0.4) is 0 Å². The van der Waals surface area contributed by atoms with Crippen LogP contribution in [0.15, 0.2) is 27.6 Å². The molecule has 0 spiro atoms. The van der Waals surface area contributed by atoms with E-state index < -0.39 is 10.0 Å². The summed E-state index contributed by atoms with van der Waals surface area (Å²) in [6, 6.07) is 5.19. The van der Waals surface area contributed by atoms with Gasteiger partial charge < -0.3 is 5.73 Å². The molecule has 6 heteroatoms. The normalized spacial score (nSPS) is 21.4. The summed E-state index contributed by atoms with van der Waals surface area (Å²) in [7, 11) is -3.43. The molecule has 1 aliphatic rings. The van der Waals surface area contributed by atoms with E-state index in [9.17, 15) is 8.42 Å². The molecule has 18 heavy (non-hydrogen) atoms. The zero-order chi connectivity index (χ0) is 13.3. The number of nitrogens with zero attached hydrogens (tertiary/aromatic N) is 1. The third-order valence-corrected chi connectivity index (χ3v) is 6.36. The largest absolute Gasteiger partial charge is 0.329 e. The number of nitrogens with two attached hydrogens (primary N) is 1. The van der Waals surface area contributed by atoms with Crippen molar-refractivity contribution in [3.8, 4) is 0 Å². The Hall–Kier alpha value is -0.430. The van der Waals surface area contributed by atoms with Crippen molar-refractivity contribution >= 4 is 26.0 Å². The Morgan fingerprint density at radius 3 is 2.89 bits per heavy atom. The Kier molecular flexibility index (Phi) is 4.11. The Labute approximate surface area is 116 Å². The van der Waals surface area contributed by atoms with Gasteiger partial charge in [0.25, 0.3) is 0 Å². The molecule has 1 saturated heterocycles. The Bertz CT molecular complexity index is 545. The average molecular weight is 333 g/mol. The van der Waals surface area contributed by atoms with Crippen molar-refractivity contribution in [2.45, 2.75) is 30.7 Å². The molecule has 2 N–H and O–H groups in total. The molecule has 1 atom stereocenters. The fraction of sp³-hybridized carbons (Fsp3) is 0.500. The van der Waals surface area contributed by atoms with E-state index in [1.54, 1.807) is 16.4 Å². The molecule has 0 amide bonds. The number of sulfonamides is 1. The molecular formula is C12H17BrN2O2S. The zero-order valence-electron chi connectivity index (χ0n) is 10.3. The van der Waals surface area contributed by atoms with Crippen LogP contribution in [0, 0.1) is 6.92 Å². The van der Waals surface area contributed by atoms with Gasteiger partial charge in [-0.15, -0.1) is 0 Å². The van der Waals surface area contributed by atoms with E-state index in [4.69, 9.17) is 5.73 Å². The van der Waals surface area contributed by atoms with Gasteiger partial charge in [-0.2, -0.15) is 4.31 Å². The lowest BCUT2D eigenvalue weighted by atomic mass is 10.2. The van der Waals surface area contributed by atoms with Crippen LogP contribution in [0.25, 0.3) is 0 Å². The Morgan fingerprint density at radius 2 is 2.22 bits per heavy atom. The summed E-state index contributed by atoms with van der Waals surface area (Å²) in [5, 5.41) is 0. The molecule has 0 aromatic heterocycles. The van der Waals surface area contributed by atoms with Gasteiger partial charge in [0.15, 0.2) is 0 Å². The third kappa shape index (κ3) is 2.34. The van der Waals surface area contributed by atoms with E-state index >= 15 is 0 Å². The van der Waals surface area contributed by atoms with Gasteiger partial charge in [0, 0.05) is 23.6 Å². The van der Waals surface area contributed by atoms with E-state index in [0.717, 1.165) is 22.9 Å². The SMILES string of the molecule is Cc1c(Br)cccc1S(=O)(=O)N1CCCC1CN. The van der Waals surface area contributed by atoms with Crippen molar-refractivity contribution in [3.05, 3.63) is 28.2 Å². The van der Waals surface area contributed by atoms with E-state index in [2.05, 4.69) is 15.9 Å². The highest BCUT2D eigenvalue weighted by molar-refractivity contribution is 9.10. The zero-order valence-corrected chi connectivity index (χ0v) is 12.7. The first-order valence-corrected chi connectivity index (χ1v) is 8.19. The van der Waals surface area contributed by atoms with E-state index in [0.29, 0.717) is 18.0 Å². The predicted molar refractivity (Wildman–Crippen MR) is 74.8 cm³/mol. The van der Waals surface area contributed by atoms with Crippen LogP contribution in [0.4, 0.5) is 0 Å². The first-order valence-electron chi connectivity index (χ1n) is 5.95. The van der Waals surface area contributed by atoms with Crippen molar-refractivity contribution in [2.24, 2.45) is 5.73 Å². The highest BCUT2D eigenvalue weighted by atomic mass is 79.9. The molecule has 1 aromatic carbocycles. The summed E-state index contributed by atoms with van der Waals surface area (Å²) in [6.45, 7) is 2.76. The second kappa shape index (κ2) is 5.28. The highest BCUT2D eigenvalue weighted by Crippen LogP contribution is 2.30. The van der Waals surface area contributed by atoms with Gasteiger partial charge in [-0.3, -0.25) is 0 Å². The quantitative estimate of drug-likeness (QED) is 0.918. The molecule has 0 saturated carbocycles. The number of hydrogen-bond donors (Lipinski definition) is 1. The molecule has 0 bridgehead atoms. The maximum atomic E-state index is 12.6. The standard InChI is InChI=1S/C12H17BrN2O2S/c1-9-11(13)5-2-6-12(9)18(16,17)15-7-3-4-10(15)8-14/h2,5-6,10H,3-4,7-8,14H2,1H3. The fourth-order valence-corrected chi connectivity index (χ4v) is 4.81. The molecule has 1 fully saturated rings. The summed E-state index contributed by atoms with van der Waals surface area (Å²) < 4.78 is 27.6. The number of hydrogen-bond acceptors (Lipinski definition) is 3. The monoisotopic (exact) mass is 332 g/mol. The topological polar surface area (TPSA) is 63.4 Å². The second-order valence-electron chi connectivity index (χ2n) is 4.51. The van der Waals surface area contributed by atoms with Crippen LogP contribution in [0.5, 0.6) is 0 Å². The van der Waals surface area contributed by atoms with Gasteiger partial charge in [0.2, 0.25) is 10.0 Å². The highest BCUT2D eigenvalue weighted by Gasteiger charge is 2.35. The summed E-state index contributed by atoms with van der Waals surface area (Å²) in [5.41, 5.74) is 6.40. The predicted octanol–water partition coefficient (Wildman–Crippen LogP) is 1.87. The van der Waals surface area contributed by atoms with Gasteiger partial charge in [-0.25, -0.2) is 8.42 Å². The lowest BCUT2D eigenvalue weighted by Crippen LogP contribution is -2.40. The molecule has 1 aliphatic heterocycles. The Balaban J connectivity index is 2.45. The fourth-order valence-electron chi connectivity index (χ4n) is 2.35. The summed E-state index contributed by atoms with van der Waals surface area (Å²) in [6.07, 6.45) is 1.73. The van der Waals surface area contributed by atoms with Crippen LogP contribution in [0.1, 0.15) is 18.4 Å². The molecular weight excluding hydrogens is 316 g/mol. The maximum absolute atomic E-state index is 12.6. The third-order valence-electron chi connectivity index (χ3n) is 3.40. The smallest absolute Gasteiger partial charge is 0.243 e. The molecule has 100 valence electrons. The minimum absolute atomic E-state index is 0.0617. The number of halogens is 1.